The summed E-state index contributed by atoms with van der Waals surface area (Å²) < 4.78 is 40.3. The maximum atomic E-state index is 13.1. The Morgan fingerprint density at radius 1 is 1.23 bits per heavy atom. The number of hydrogen-bond donors (Lipinski definition) is 2. The van der Waals surface area contributed by atoms with E-state index in [0.717, 1.165) is 23.0 Å². The Morgan fingerprint density at radius 2 is 1.97 bits per heavy atom. The highest BCUT2D eigenvalue weighted by atomic mass is 79.9. The molecule has 5 nitrogen and oxygen atoms in total. The SMILES string of the molecule is CCCC12Cc3cc(C(F)(F)F)ccc3C1=NC(C(=O)Nc1ccc(Br)cc1)=NN2. The predicted octanol–water partition coefficient (Wildman–Crippen LogP) is 4.91. The third kappa shape index (κ3) is 3.74. The van der Waals surface area contributed by atoms with Crippen molar-refractivity contribution in [2.75, 3.05) is 5.32 Å². The molecule has 0 saturated heterocycles. The van der Waals surface area contributed by atoms with Gasteiger partial charge in [-0.05, 0) is 48.4 Å². The highest BCUT2D eigenvalue weighted by molar-refractivity contribution is 9.10. The molecule has 1 atom stereocenters. The molecule has 156 valence electrons. The number of nitrogens with zero attached hydrogens (tertiary/aromatic N) is 2. The molecule has 1 heterocycles. The van der Waals surface area contributed by atoms with E-state index in [4.69, 9.17) is 0 Å². The number of alkyl halides is 3. The molecule has 0 bridgehead atoms. The third-order valence-corrected chi connectivity index (χ3v) is 5.74. The molecule has 2 aliphatic rings. The Bertz CT molecular complexity index is 1060. The maximum Gasteiger partial charge on any atom is 0.416 e. The number of carbonyl (C=O) groups excluding carboxylic acids is 1. The van der Waals surface area contributed by atoms with Crippen molar-refractivity contribution in [3.05, 3.63) is 63.6 Å². The van der Waals surface area contributed by atoms with Crippen molar-refractivity contribution >= 4 is 39.1 Å². The second-order valence-electron chi connectivity index (χ2n) is 7.35. The number of fused-ring (bicyclic) bond motifs is 3. The van der Waals surface area contributed by atoms with E-state index < -0.39 is 23.2 Å². The molecule has 1 aliphatic heterocycles. The Kier molecular flexibility index (Phi) is 5.17. The number of carbonyl (C=O) groups is 1. The van der Waals surface area contributed by atoms with Crippen LogP contribution in [0.3, 0.4) is 0 Å². The lowest BCUT2D eigenvalue weighted by molar-refractivity contribution is -0.137. The number of rotatable bonds is 4. The fourth-order valence-corrected chi connectivity index (χ4v) is 4.14. The number of amides is 1. The Balaban J connectivity index is 1.67. The van der Waals surface area contributed by atoms with E-state index in [1.165, 1.54) is 6.07 Å². The zero-order valence-corrected chi connectivity index (χ0v) is 17.6. The average Bonchev–Trinajstić information content (AvgIpc) is 3.01. The highest BCUT2D eigenvalue weighted by Gasteiger charge is 2.46. The van der Waals surface area contributed by atoms with E-state index in [0.29, 0.717) is 35.4 Å². The van der Waals surface area contributed by atoms with E-state index in [1.807, 2.05) is 6.92 Å². The first-order valence-corrected chi connectivity index (χ1v) is 10.2. The van der Waals surface area contributed by atoms with Crippen LogP contribution >= 0.6 is 15.9 Å². The third-order valence-electron chi connectivity index (χ3n) is 5.21. The summed E-state index contributed by atoms with van der Waals surface area (Å²) in [4.78, 5) is 17.1. The van der Waals surface area contributed by atoms with Crippen LogP contribution in [0.15, 0.2) is 57.0 Å². The van der Waals surface area contributed by atoms with Crippen molar-refractivity contribution in [3.8, 4) is 0 Å². The normalized spacial score (nSPS) is 19.9. The molecule has 0 fully saturated rings. The van der Waals surface area contributed by atoms with Crippen LogP contribution in [0.1, 0.15) is 36.5 Å². The van der Waals surface area contributed by atoms with Gasteiger partial charge in [-0.3, -0.25) is 10.2 Å². The molecule has 2 aromatic rings. The largest absolute Gasteiger partial charge is 0.416 e. The monoisotopic (exact) mass is 478 g/mol. The van der Waals surface area contributed by atoms with Crippen LogP contribution in [0, 0.1) is 0 Å². The van der Waals surface area contributed by atoms with E-state index in [9.17, 15) is 18.0 Å². The second-order valence-corrected chi connectivity index (χ2v) is 8.26. The first kappa shape index (κ1) is 20.6. The van der Waals surface area contributed by atoms with Gasteiger partial charge >= 0.3 is 6.18 Å². The van der Waals surface area contributed by atoms with Gasteiger partial charge in [0.25, 0.3) is 5.91 Å². The van der Waals surface area contributed by atoms with Crippen molar-refractivity contribution in [1.82, 2.24) is 5.43 Å². The van der Waals surface area contributed by atoms with Gasteiger partial charge in [-0.15, -0.1) is 0 Å². The molecular weight excluding hydrogens is 461 g/mol. The van der Waals surface area contributed by atoms with Crippen LogP contribution in [0.5, 0.6) is 0 Å². The molecule has 0 saturated carbocycles. The van der Waals surface area contributed by atoms with Crippen molar-refractivity contribution in [2.45, 2.75) is 37.9 Å². The van der Waals surface area contributed by atoms with Crippen molar-refractivity contribution < 1.29 is 18.0 Å². The molecule has 30 heavy (non-hydrogen) atoms. The first-order valence-electron chi connectivity index (χ1n) is 9.43. The molecule has 1 aliphatic carbocycles. The van der Waals surface area contributed by atoms with Crippen molar-refractivity contribution in [3.63, 3.8) is 0 Å². The van der Waals surface area contributed by atoms with Crippen LogP contribution in [0.25, 0.3) is 0 Å². The van der Waals surface area contributed by atoms with Crippen LogP contribution < -0.4 is 10.7 Å². The molecule has 1 amide bonds. The van der Waals surface area contributed by atoms with Gasteiger partial charge < -0.3 is 5.32 Å². The fourth-order valence-electron chi connectivity index (χ4n) is 3.88. The standard InChI is InChI=1S/C21H18BrF3N4O/c1-2-9-20-11-12-10-13(21(23,24)25)3-8-16(12)17(20)27-18(28-29-20)19(30)26-15-6-4-14(22)5-7-15/h3-8,10,29H,2,9,11H2,1H3,(H,26,30). The van der Waals surface area contributed by atoms with Crippen LogP contribution in [-0.2, 0) is 17.4 Å². The van der Waals surface area contributed by atoms with Gasteiger partial charge in [-0.2, -0.15) is 18.3 Å². The minimum absolute atomic E-state index is 0.0626. The van der Waals surface area contributed by atoms with Gasteiger partial charge in [0.15, 0.2) is 0 Å². The summed E-state index contributed by atoms with van der Waals surface area (Å²) >= 11 is 3.33. The van der Waals surface area contributed by atoms with Gasteiger partial charge in [0.1, 0.15) is 5.54 Å². The first-order chi connectivity index (χ1) is 14.2. The summed E-state index contributed by atoms with van der Waals surface area (Å²) in [6, 6.07) is 10.7. The number of halogens is 4. The van der Waals surface area contributed by atoms with Crippen LogP contribution in [0.2, 0.25) is 0 Å². The average molecular weight is 479 g/mol. The van der Waals surface area contributed by atoms with Crippen molar-refractivity contribution in [1.29, 1.82) is 0 Å². The van der Waals surface area contributed by atoms with Crippen LogP contribution in [0.4, 0.5) is 18.9 Å². The number of aliphatic imine (C=N–C) groups is 1. The molecule has 2 N–H and O–H groups in total. The second kappa shape index (κ2) is 7.54. The van der Waals surface area contributed by atoms with Crippen LogP contribution in [-0.4, -0.2) is 23.0 Å². The van der Waals surface area contributed by atoms with Gasteiger partial charge in [0.2, 0.25) is 5.84 Å². The topological polar surface area (TPSA) is 65.8 Å². The van der Waals surface area contributed by atoms with Crippen molar-refractivity contribution in [2.24, 2.45) is 10.1 Å². The summed E-state index contributed by atoms with van der Waals surface area (Å²) in [6.45, 7) is 1.98. The number of hydrazone groups is 1. The lowest BCUT2D eigenvalue weighted by atomic mass is 9.89. The number of anilines is 1. The molecule has 9 heteroatoms. The minimum Gasteiger partial charge on any atom is -0.319 e. The number of amidine groups is 1. The smallest absolute Gasteiger partial charge is 0.319 e. The Hall–Kier alpha value is -2.68. The summed E-state index contributed by atoms with van der Waals surface area (Å²) in [5.74, 6) is -0.560. The number of nitrogens with one attached hydrogen (secondary N) is 2. The summed E-state index contributed by atoms with van der Waals surface area (Å²) in [5.41, 5.74) is 3.94. The van der Waals surface area contributed by atoms with E-state index >= 15 is 0 Å². The predicted molar refractivity (Wildman–Crippen MR) is 113 cm³/mol. The zero-order valence-electron chi connectivity index (χ0n) is 16.0. The van der Waals surface area contributed by atoms with E-state index in [1.54, 1.807) is 24.3 Å². The Morgan fingerprint density at radius 3 is 2.63 bits per heavy atom. The Labute approximate surface area is 179 Å². The molecule has 0 spiro atoms. The number of hydrogen-bond acceptors (Lipinski definition) is 4. The quantitative estimate of drug-likeness (QED) is 0.655. The summed E-state index contributed by atoms with van der Waals surface area (Å²) in [6.07, 6.45) is -2.67. The molecule has 0 radical (unpaired) electrons. The van der Waals surface area contributed by atoms with Gasteiger partial charge in [0, 0.05) is 22.1 Å². The number of benzene rings is 2. The minimum atomic E-state index is -4.41. The maximum absolute atomic E-state index is 13.1. The molecule has 4 rings (SSSR count). The lowest BCUT2D eigenvalue weighted by Crippen LogP contribution is -2.52. The van der Waals surface area contributed by atoms with Gasteiger partial charge in [-0.25, -0.2) is 4.99 Å². The van der Waals surface area contributed by atoms with E-state index in [2.05, 4.69) is 36.8 Å². The molecular formula is C21H18BrF3N4O. The van der Waals surface area contributed by atoms with Gasteiger partial charge in [-0.1, -0.05) is 35.3 Å². The van der Waals surface area contributed by atoms with Gasteiger partial charge in [0.05, 0.1) is 11.3 Å². The molecule has 2 aromatic carbocycles. The van der Waals surface area contributed by atoms with E-state index in [-0.39, 0.29) is 5.84 Å². The lowest BCUT2D eigenvalue weighted by Gasteiger charge is -2.32. The molecule has 0 aromatic heterocycles. The fraction of sp³-hybridized carbons (Fsp3) is 0.286. The summed E-state index contributed by atoms with van der Waals surface area (Å²) in [5, 5.41) is 6.90. The zero-order chi connectivity index (χ0) is 21.5. The summed E-state index contributed by atoms with van der Waals surface area (Å²) in [7, 11) is 0. The molecule has 1 unspecified atom stereocenters. The highest BCUT2D eigenvalue weighted by Crippen LogP contribution is 2.39.